The highest BCUT2D eigenvalue weighted by atomic mass is 14.4. The van der Waals surface area contributed by atoms with Crippen LogP contribution in [0.15, 0.2) is 0 Å². The van der Waals surface area contributed by atoms with Crippen LogP contribution in [-0.2, 0) is 0 Å². The highest BCUT2D eigenvalue weighted by Crippen LogP contribution is 2.43. The quantitative estimate of drug-likeness (QED) is 0.576. The van der Waals surface area contributed by atoms with Crippen LogP contribution in [0.5, 0.6) is 0 Å². The molecule has 0 aromatic rings. The van der Waals surface area contributed by atoms with Crippen LogP contribution in [0.3, 0.4) is 0 Å². The first-order valence-corrected chi connectivity index (χ1v) is 7.16. The monoisotopic (exact) mass is 208 g/mol. The fourth-order valence-electron chi connectivity index (χ4n) is 3.77. The van der Waals surface area contributed by atoms with E-state index in [0.717, 1.165) is 29.6 Å². The van der Waals surface area contributed by atoms with Gasteiger partial charge in [0.25, 0.3) is 0 Å². The molecule has 0 amide bonds. The lowest BCUT2D eigenvalue weighted by molar-refractivity contribution is 0.120. The van der Waals surface area contributed by atoms with Crippen molar-refractivity contribution in [2.75, 3.05) is 0 Å². The molecule has 0 spiro atoms. The minimum Gasteiger partial charge on any atom is -0.0625 e. The van der Waals surface area contributed by atoms with Gasteiger partial charge in [-0.25, -0.2) is 0 Å². The summed E-state index contributed by atoms with van der Waals surface area (Å²) in [6.07, 6.45) is 10.6. The molecule has 0 heteroatoms. The zero-order valence-electron chi connectivity index (χ0n) is 10.8. The molecule has 2 fully saturated rings. The van der Waals surface area contributed by atoms with Crippen LogP contribution >= 0.6 is 0 Å². The first-order chi connectivity index (χ1) is 7.16. The Morgan fingerprint density at radius 2 is 1.20 bits per heavy atom. The molecular formula is C15H28. The summed E-state index contributed by atoms with van der Waals surface area (Å²) in [6.45, 7) is 7.36. The summed E-state index contributed by atoms with van der Waals surface area (Å²) in [5, 5.41) is 0. The Morgan fingerprint density at radius 3 is 1.80 bits per heavy atom. The van der Waals surface area contributed by atoms with Crippen molar-refractivity contribution in [1.82, 2.24) is 0 Å². The molecule has 0 aromatic carbocycles. The van der Waals surface area contributed by atoms with Gasteiger partial charge in [-0.05, 0) is 55.3 Å². The van der Waals surface area contributed by atoms with Crippen LogP contribution < -0.4 is 0 Å². The van der Waals surface area contributed by atoms with Crippen LogP contribution in [0, 0.1) is 29.6 Å². The smallest absolute Gasteiger partial charge is 0.0383 e. The van der Waals surface area contributed by atoms with Crippen LogP contribution in [0.25, 0.3) is 0 Å². The van der Waals surface area contributed by atoms with Crippen LogP contribution in [0.4, 0.5) is 0 Å². The van der Waals surface area contributed by atoms with Crippen LogP contribution in [0.2, 0.25) is 0 Å². The third-order valence-corrected chi connectivity index (χ3v) is 5.37. The molecule has 3 atom stereocenters. The van der Waals surface area contributed by atoms with Gasteiger partial charge in [-0.15, -0.1) is 0 Å². The third kappa shape index (κ3) is 2.77. The van der Waals surface area contributed by atoms with Gasteiger partial charge >= 0.3 is 0 Å². The number of hydrogen-bond acceptors (Lipinski definition) is 0. The van der Waals surface area contributed by atoms with E-state index in [-0.39, 0.29) is 0 Å². The van der Waals surface area contributed by atoms with E-state index >= 15 is 0 Å². The Kier molecular flexibility index (Phi) is 3.74. The van der Waals surface area contributed by atoms with Crippen LogP contribution in [-0.4, -0.2) is 0 Å². The first kappa shape index (κ1) is 11.5. The Bertz CT molecular complexity index is 188. The molecule has 2 aliphatic carbocycles. The molecule has 0 heterocycles. The predicted octanol–water partition coefficient (Wildman–Crippen LogP) is 4.89. The van der Waals surface area contributed by atoms with E-state index in [1.165, 1.54) is 44.9 Å². The summed E-state index contributed by atoms with van der Waals surface area (Å²) < 4.78 is 0. The lowest BCUT2D eigenvalue weighted by Gasteiger charge is -2.39. The molecule has 0 N–H and O–H groups in total. The maximum Gasteiger partial charge on any atom is -0.0383 e. The summed E-state index contributed by atoms with van der Waals surface area (Å²) >= 11 is 0. The largest absolute Gasteiger partial charge is 0.0625 e. The molecule has 0 aromatic heterocycles. The summed E-state index contributed by atoms with van der Waals surface area (Å²) in [7, 11) is 0. The van der Waals surface area contributed by atoms with Gasteiger partial charge in [0.2, 0.25) is 0 Å². The Hall–Kier alpha value is 0. The average molecular weight is 208 g/mol. The molecule has 0 bridgehead atoms. The van der Waals surface area contributed by atoms with E-state index in [2.05, 4.69) is 20.8 Å². The van der Waals surface area contributed by atoms with Crippen molar-refractivity contribution in [3.63, 3.8) is 0 Å². The van der Waals surface area contributed by atoms with E-state index in [1.807, 2.05) is 0 Å². The van der Waals surface area contributed by atoms with Gasteiger partial charge in [-0.2, -0.15) is 0 Å². The second-order valence-corrected chi connectivity index (χ2v) is 6.55. The molecular weight excluding hydrogens is 180 g/mol. The Balaban J connectivity index is 1.84. The summed E-state index contributed by atoms with van der Waals surface area (Å²) in [4.78, 5) is 0. The highest BCUT2D eigenvalue weighted by Gasteiger charge is 2.31. The van der Waals surface area contributed by atoms with Crippen molar-refractivity contribution in [2.45, 2.75) is 65.7 Å². The van der Waals surface area contributed by atoms with Gasteiger partial charge in [-0.1, -0.05) is 40.0 Å². The summed E-state index contributed by atoms with van der Waals surface area (Å²) in [5.41, 5.74) is 0. The van der Waals surface area contributed by atoms with E-state index in [0.29, 0.717) is 0 Å². The topological polar surface area (TPSA) is 0 Å². The molecule has 2 aliphatic rings. The molecule has 2 saturated carbocycles. The molecule has 0 saturated heterocycles. The van der Waals surface area contributed by atoms with E-state index in [1.54, 1.807) is 0 Å². The van der Waals surface area contributed by atoms with Gasteiger partial charge in [0.05, 0.1) is 0 Å². The lowest BCUT2D eigenvalue weighted by atomic mass is 9.67. The number of rotatable bonds is 1. The van der Waals surface area contributed by atoms with Gasteiger partial charge in [0.1, 0.15) is 0 Å². The Morgan fingerprint density at radius 1 is 0.600 bits per heavy atom. The molecule has 0 radical (unpaired) electrons. The second kappa shape index (κ2) is 4.89. The third-order valence-electron chi connectivity index (χ3n) is 5.37. The second-order valence-electron chi connectivity index (χ2n) is 6.55. The number of hydrogen-bond donors (Lipinski definition) is 0. The molecule has 0 aliphatic heterocycles. The first-order valence-electron chi connectivity index (χ1n) is 7.16. The van der Waals surface area contributed by atoms with Crippen molar-refractivity contribution in [3.8, 4) is 0 Å². The van der Waals surface area contributed by atoms with Gasteiger partial charge < -0.3 is 0 Å². The van der Waals surface area contributed by atoms with Crippen molar-refractivity contribution in [2.24, 2.45) is 29.6 Å². The fourth-order valence-corrected chi connectivity index (χ4v) is 3.77. The average Bonchev–Trinajstić information content (AvgIpc) is 2.23. The highest BCUT2D eigenvalue weighted by molar-refractivity contribution is 4.82. The van der Waals surface area contributed by atoms with Gasteiger partial charge in [-0.3, -0.25) is 0 Å². The standard InChI is InChI=1S/C15H28/c1-11-4-7-14(8-5-11)15-9-6-12(2)13(3)10-15/h11-15H,4-10H2,1-3H3/t11?,12-,13?,14?,15?/m1/s1. The zero-order valence-corrected chi connectivity index (χ0v) is 10.8. The maximum absolute atomic E-state index is 2.47. The summed E-state index contributed by atoms with van der Waals surface area (Å²) in [5.74, 6) is 5.17. The molecule has 15 heavy (non-hydrogen) atoms. The van der Waals surface area contributed by atoms with E-state index < -0.39 is 0 Å². The van der Waals surface area contributed by atoms with Crippen molar-refractivity contribution >= 4 is 0 Å². The normalized spacial score (nSPS) is 47.8. The minimum absolute atomic E-state index is 0.989. The van der Waals surface area contributed by atoms with Crippen molar-refractivity contribution < 1.29 is 0 Å². The molecule has 88 valence electrons. The SMILES string of the molecule is CC1CCC(C2CC[C@@H](C)C(C)C2)CC1. The molecule has 2 unspecified atom stereocenters. The van der Waals surface area contributed by atoms with Gasteiger partial charge in [0, 0.05) is 0 Å². The minimum atomic E-state index is 0.989. The Labute approximate surface area is 95.8 Å². The molecule has 0 nitrogen and oxygen atoms in total. The van der Waals surface area contributed by atoms with Crippen molar-refractivity contribution in [1.29, 1.82) is 0 Å². The van der Waals surface area contributed by atoms with Gasteiger partial charge in [0.15, 0.2) is 0 Å². The van der Waals surface area contributed by atoms with E-state index in [4.69, 9.17) is 0 Å². The maximum atomic E-state index is 2.47. The fraction of sp³-hybridized carbons (Fsp3) is 1.00. The zero-order chi connectivity index (χ0) is 10.8. The predicted molar refractivity (Wildman–Crippen MR) is 66.8 cm³/mol. The van der Waals surface area contributed by atoms with Crippen LogP contribution in [0.1, 0.15) is 65.7 Å². The molecule has 2 rings (SSSR count). The van der Waals surface area contributed by atoms with E-state index in [9.17, 15) is 0 Å². The summed E-state index contributed by atoms with van der Waals surface area (Å²) in [6, 6.07) is 0. The van der Waals surface area contributed by atoms with Crippen molar-refractivity contribution in [3.05, 3.63) is 0 Å². The lowest BCUT2D eigenvalue weighted by Crippen LogP contribution is -2.28.